The maximum atomic E-state index is 12.7. The monoisotopic (exact) mass is 368 g/mol. The first-order chi connectivity index (χ1) is 11.7. The Morgan fingerprint density at radius 2 is 2.16 bits per heavy atom. The average molecular weight is 369 g/mol. The van der Waals surface area contributed by atoms with E-state index in [-0.39, 0.29) is 25.1 Å². The van der Waals surface area contributed by atoms with Gasteiger partial charge in [0.25, 0.3) is 0 Å². The van der Waals surface area contributed by atoms with Gasteiger partial charge < -0.3 is 19.7 Å². The first-order valence-electron chi connectivity index (χ1n) is 9.04. The molecule has 0 bridgehead atoms. The van der Waals surface area contributed by atoms with E-state index in [0.717, 1.165) is 36.7 Å². The van der Waals surface area contributed by atoms with Gasteiger partial charge in [0, 0.05) is 19.5 Å². The predicted molar refractivity (Wildman–Crippen MR) is 100 cm³/mol. The molecule has 1 aromatic rings. The number of hydrogen-bond donors (Lipinski definition) is 1. The molecule has 3 rings (SSSR count). The summed E-state index contributed by atoms with van der Waals surface area (Å²) in [6, 6.07) is 5.91. The van der Waals surface area contributed by atoms with E-state index in [0.29, 0.717) is 24.8 Å². The summed E-state index contributed by atoms with van der Waals surface area (Å²) in [7, 11) is 0. The van der Waals surface area contributed by atoms with Crippen molar-refractivity contribution in [3.05, 3.63) is 23.8 Å². The molecule has 1 N–H and O–H groups in total. The molecule has 0 aliphatic carbocycles. The Labute approximate surface area is 156 Å². The predicted octanol–water partition coefficient (Wildman–Crippen LogP) is 3.21. The highest BCUT2D eigenvalue weighted by molar-refractivity contribution is 5.85. The highest BCUT2D eigenvalue weighted by Crippen LogP contribution is 2.33. The lowest BCUT2D eigenvalue weighted by molar-refractivity contribution is -0.133. The molecule has 25 heavy (non-hydrogen) atoms. The highest BCUT2D eigenvalue weighted by Gasteiger charge is 2.24. The van der Waals surface area contributed by atoms with Crippen molar-refractivity contribution < 1.29 is 14.3 Å². The lowest BCUT2D eigenvalue weighted by Gasteiger charge is -2.30. The van der Waals surface area contributed by atoms with Crippen molar-refractivity contribution in [1.82, 2.24) is 10.2 Å². The molecule has 2 aliphatic heterocycles. The van der Waals surface area contributed by atoms with Crippen LogP contribution in [0.15, 0.2) is 18.2 Å². The van der Waals surface area contributed by atoms with Gasteiger partial charge in [0.15, 0.2) is 11.5 Å². The van der Waals surface area contributed by atoms with Crippen molar-refractivity contribution in [3.8, 4) is 11.5 Å². The van der Waals surface area contributed by atoms with Gasteiger partial charge >= 0.3 is 0 Å². The van der Waals surface area contributed by atoms with Crippen molar-refractivity contribution in [2.75, 3.05) is 26.4 Å². The summed E-state index contributed by atoms with van der Waals surface area (Å²) in [4.78, 5) is 14.6. The minimum absolute atomic E-state index is 0. The molecule has 2 atom stereocenters. The standard InChI is InChI=1S/C19H28N2O3.ClH/c1-3-21(12-15-6-7-17-18(10-15)24-13-23-17)19(22)9-14(2)16-5-4-8-20-11-16;/h6-7,10,14,16,20H,3-5,8-9,11-13H2,1-2H3;1H. The average Bonchev–Trinajstić information content (AvgIpc) is 3.08. The minimum Gasteiger partial charge on any atom is -0.454 e. The largest absolute Gasteiger partial charge is 0.454 e. The molecule has 2 aliphatic rings. The maximum Gasteiger partial charge on any atom is 0.231 e. The van der Waals surface area contributed by atoms with E-state index < -0.39 is 0 Å². The Bertz CT molecular complexity index is 576. The molecule has 1 amide bonds. The first kappa shape index (κ1) is 19.9. The van der Waals surface area contributed by atoms with Gasteiger partial charge in [0.2, 0.25) is 12.7 Å². The number of ether oxygens (including phenoxy) is 2. The van der Waals surface area contributed by atoms with Crippen molar-refractivity contribution >= 4 is 18.3 Å². The number of benzene rings is 1. The number of nitrogens with one attached hydrogen (secondary N) is 1. The minimum atomic E-state index is 0. The number of rotatable bonds is 6. The van der Waals surface area contributed by atoms with Crippen LogP contribution in [0.2, 0.25) is 0 Å². The molecule has 0 aromatic heterocycles. The zero-order chi connectivity index (χ0) is 16.9. The molecule has 140 valence electrons. The van der Waals surface area contributed by atoms with Crippen LogP contribution in [0.5, 0.6) is 11.5 Å². The number of amides is 1. The Hall–Kier alpha value is -1.46. The van der Waals surface area contributed by atoms with Crippen LogP contribution in [-0.4, -0.2) is 37.2 Å². The van der Waals surface area contributed by atoms with Crippen molar-refractivity contribution in [2.45, 2.75) is 39.7 Å². The lowest BCUT2D eigenvalue weighted by Crippen LogP contribution is -2.37. The van der Waals surface area contributed by atoms with Gasteiger partial charge in [-0.15, -0.1) is 12.4 Å². The lowest BCUT2D eigenvalue weighted by atomic mass is 9.85. The zero-order valence-corrected chi connectivity index (χ0v) is 15.9. The van der Waals surface area contributed by atoms with Crippen molar-refractivity contribution in [2.24, 2.45) is 11.8 Å². The third kappa shape index (κ3) is 5.02. The second kappa shape index (κ2) is 9.30. The van der Waals surface area contributed by atoms with Crippen LogP contribution in [-0.2, 0) is 11.3 Å². The van der Waals surface area contributed by atoms with E-state index >= 15 is 0 Å². The van der Waals surface area contributed by atoms with E-state index in [2.05, 4.69) is 12.2 Å². The summed E-state index contributed by atoms with van der Waals surface area (Å²) in [5.41, 5.74) is 1.08. The van der Waals surface area contributed by atoms with Crippen LogP contribution in [0.3, 0.4) is 0 Å². The van der Waals surface area contributed by atoms with E-state index in [1.54, 1.807) is 0 Å². The summed E-state index contributed by atoms with van der Waals surface area (Å²) >= 11 is 0. The molecular formula is C19H29ClN2O3. The summed E-state index contributed by atoms with van der Waals surface area (Å²) in [6.45, 7) is 8.04. The molecule has 5 nitrogen and oxygen atoms in total. The van der Waals surface area contributed by atoms with Crippen LogP contribution in [0.25, 0.3) is 0 Å². The summed E-state index contributed by atoms with van der Waals surface area (Å²) in [6.07, 6.45) is 3.08. The second-order valence-electron chi connectivity index (χ2n) is 6.88. The van der Waals surface area contributed by atoms with Gasteiger partial charge in [-0.2, -0.15) is 0 Å². The molecule has 2 unspecified atom stereocenters. The highest BCUT2D eigenvalue weighted by atomic mass is 35.5. The van der Waals surface area contributed by atoms with E-state index in [4.69, 9.17) is 9.47 Å². The number of halogens is 1. The van der Waals surface area contributed by atoms with Crippen molar-refractivity contribution in [1.29, 1.82) is 0 Å². The van der Waals surface area contributed by atoms with Crippen LogP contribution in [0.4, 0.5) is 0 Å². The molecule has 6 heteroatoms. The number of nitrogens with zero attached hydrogens (tertiary/aromatic N) is 1. The smallest absolute Gasteiger partial charge is 0.231 e. The SMILES string of the molecule is CCN(Cc1ccc2c(c1)OCO2)C(=O)CC(C)C1CCCNC1.Cl. The van der Waals surface area contributed by atoms with Gasteiger partial charge in [-0.25, -0.2) is 0 Å². The quantitative estimate of drug-likeness (QED) is 0.837. The molecule has 0 spiro atoms. The van der Waals surface area contributed by atoms with Crippen LogP contribution >= 0.6 is 12.4 Å². The molecule has 1 aromatic carbocycles. The molecule has 1 saturated heterocycles. The molecule has 0 radical (unpaired) electrons. The van der Waals surface area contributed by atoms with Crippen LogP contribution in [0, 0.1) is 11.8 Å². The third-order valence-corrected chi connectivity index (χ3v) is 5.18. The number of hydrogen-bond acceptors (Lipinski definition) is 4. The topological polar surface area (TPSA) is 50.8 Å². The van der Waals surface area contributed by atoms with Crippen LogP contribution in [0.1, 0.15) is 38.7 Å². The van der Waals surface area contributed by atoms with Gasteiger partial charge in [0.1, 0.15) is 0 Å². The van der Waals surface area contributed by atoms with Gasteiger partial charge in [0.05, 0.1) is 0 Å². The van der Waals surface area contributed by atoms with E-state index in [1.807, 2.05) is 30.0 Å². The zero-order valence-electron chi connectivity index (χ0n) is 15.1. The molecule has 0 saturated carbocycles. The molecule has 1 fully saturated rings. The number of piperidine rings is 1. The van der Waals surface area contributed by atoms with Gasteiger partial charge in [-0.1, -0.05) is 13.0 Å². The Morgan fingerprint density at radius 3 is 2.88 bits per heavy atom. The Kier molecular flexibility index (Phi) is 7.38. The van der Waals surface area contributed by atoms with E-state index in [1.165, 1.54) is 12.8 Å². The number of fused-ring (bicyclic) bond motifs is 1. The fraction of sp³-hybridized carbons (Fsp3) is 0.632. The molecule has 2 heterocycles. The summed E-state index contributed by atoms with van der Waals surface area (Å²) < 4.78 is 10.8. The Morgan fingerprint density at radius 1 is 1.36 bits per heavy atom. The number of carbonyl (C=O) groups is 1. The fourth-order valence-corrected chi connectivity index (χ4v) is 3.57. The molecular weight excluding hydrogens is 340 g/mol. The maximum absolute atomic E-state index is 12.7. The second-order valence-corrected chi connectivity index (χ2v) is 6.88. The van der Waals surface area contributed by atoms with Gasteiger partial charge in [-0.05, 0) is 62.4 Å². The van der Waals surface area contributed by atoms with Crippen LogP contribution < -0.4 is 14.8 Å². The summed E-state index contributed by atoms with van der Waals surface area (Å²) in [5, 5.41) is 3.45. The van der Waals surface area contributed by atoms with E-state index in [9.17, 15) is 4.79 Å². The number of carbonyl (C=O) groups excluding carboxylic acids is 1. The van der Waals surface area contributed by atoms with Gasteiger partial charge in [-0.3, -0.25) is 4.79 Å². The third-order valence-electron chi connectivity index (χ3n) is 5.18. The first-order valence-corrected chi connectivity index (χ1v) is 9.04. The van der Waals surface area contributed by atoms with Crippen molar-refractivity contribution in [3.63, 3.8) is 0 Å². The normalized spacial score (nSPS) is 19.8. The summed E-state index contributed by atoms with van der Waals surface area (Å²) in [5.74, 6) is 2.85. The fourth-order valence-electron chi connectivity index (χ4n) is 3.57. The Balaban J connectivity index is 0.00000225.